The molecular weight excluding hydrogens is 684 g/mol. The van der Waals surface area contributed by atoms with Gasteiger partial charge < -0.3 is 0 Å². The third kappa shape index (κ3) is 5.63. The second-order valence-corrected chi connectivity index (χ2v) is 12.7. The van der Waals surface area contributed by atoms with Gasteiger partial charge in [-0.1, -0.05) is 143 Å². The highest BCUT2D eigenvalue weighted by molar-refractivity contribution is 9.10. The molecule has 8 aromatic rings. The second-order valence-electron chi connectivity index (χ2n) is 11.8. The molecule has 0 atom stereocenters. The Kier molecular flexibility index (Phi) is 7.51. The van der Waals surface area contributed by atoms with E-state index in [1.165, 1.54) is 0 Å². The quantitative estimate of drug-likeness (QED) is 0.168. The SMILES string of the molecule is Brc1ccc2c(c1)-c1c(nc(-c3nc(-c4ccccc4)nc(-c4ccccc4)n3)nc1-c1nc(-c3ccccc3)nc(-c3ccccc3)n1)C2. The van der Waals surface area contributed by atoms with Gasteiger partial charge in [0.2, 0.25) is 5.82 Å². The van der Waals surface area contributed by atoms with Gasteiger partial charge in [0, 0.05) is 38.7 Å². The molecule has 50 heavy (non-hydrogen) atoms. The summed E-state index contributed by atoms with van der Waals surface area (Å²) in [6.07, 6.45) is 0.616. The second kappa shape index (κ2) is 12.6. The van der Waals surface area contributed by atoms with E-state index in [0.717, 1.165) is 49.1 Å². The van der Waals surface area contributed by atoms with Gasteiger partial charge in [0.25, 0.3) is 0 Å². The zero-order valence-electron chi connectivity index (χ0n) is 26.4. The normalized spacial score (nSPS) is 11.6. The predicted octanol–water partition coefficient (Wildman–Crippen LogP) is 9.18. The maximum atomic E-state index is 5.22. The molecule has 0 unspecified atom stereocenters. The average Bonchev–Trinajstić information content (AvgIpc) is 3.56. The van der Waals surface area contributed by atoms with Gasteiger partial charge in [-0.15, -0.1) is 0 Å². The first-order valence-corrected chi connectivity index (χ1v) is 16.9. The number of hydrogen-bond acceptors (Lipinski definition) is 8. The van der Waals surface area contributed by atoms with Crippen LogP contribution in [-0.2, 0) is 6.42 Å². The maximum Gasteiger partial charge on any atom is 0.201 e. The first-order chi connectivity index (χ1) is 24.7. The van der Waals surface area contributed by atoms with E-state index in [1.807, 2.05) is 127 Å². The van der Waals surface area contributed by atoms with E-state index in [-0.39, 0.29) is 0 Å². The molecule has 9 heteroatoms. The standard InChI is InChI=1S/C41H25BrN8/c42-30-22-21-29-23-32-33(31(29)24-30)34(39-47-35(25-13-5-1-6-14-25)45-36(48-39)26-15-7-2-8-16-26)44-40(43-32)41-49-37(27-17-9-3-10-18-27)46-38(50-41)28-19-11-4-12-20-28/h1-22,24H,23H2. The molecule has 236 valence electrons. The number of benzene rings is 5. The molecular formula is C41H25BrN8. The largest absolute Gasteiger partial charge is 0.229 e. The van der Waals surface area contributed by atoms with Crippen molar-refractivity contribution in [2.75, 3.05) is 0 Å². The van der Waals surface area contributed by atoms with Crippen molar-refractivity contribution in [3.8, 4) is 79.8 Å². The van der Waals surface area contributed by atoms with Crippen molar-refractivity contribution in [2.45, 2.75) is 6.42 Å². The summed E-state index contributed by atoms with van der Waals surface area (Å²) in [6, 6.07) is 45.9. The summed E-state index contributed by atoms with van der Waals surface area (Å²) >= 11 is 3.68. The molecule has 0 radical (unpaired) electrons. The molecule has 0 spiro atoms. The number of fused-ring (bicyclic) bond motifs is 3. The van der Waals surface area contributed by atoms with Crippen molar-refractivity contribution in [3.63, 3.8) is 0 Å². The van der Waals surface area contributed by atoms with Crippen LogP contribution >= 0.6 is 15.9 Å². The topological polar surface area (TPSA) is 103 Å². The van der Waals surface area contributed by atoms with Crippen LogP contribution in [0.3, 0.4) is 0 Å². The molecule has 0 fully saturated rings. The highest BCUT2D eigenvalue weighted by atomic mass is 79.9. The van der Waals surface area contributed by atoms with Crippen LogP contribution in [-0.4, -0.2) is 39.9 Å². The first-order valence-electron chi connectivity index (χ1n) is 16.1. The summed E-state index contributed by atoms with van der Waals surface area (Å²) in [5.74, 6) is 3.33. The Hall–Kier alpha value is -6.32. The Morgan fingerprint density at radius 1 is 0.380 bits per heavy atom. The fraction of sp³-hybridized carbons (Fsp3) is 0.0244. The minimum Gasteiger partial charge on any atom is -0.229 e. The van der Waals surface area contributed by atoms with Crippen molar-refractivity contribution in [2.24, 2.45) is 0 Å². The van der Waals surface area contributed by atoms with E-state index in [2.05, 4.69) is 28.1 Å². The highest BCUT2D eigenvalue weighted by Crippen LogP contribution is 2.43. The molecule has 8 nitrogen and oxygen atoms in total. The summed E-state index contributed by atoms with van der Waals surface area (Å²) in [7, 11) is 0. The van der Waals surface area contributed by atoms with Crippen LogP contribution in [0.5, 0.6) is 0 Å². The third-order valence-corrected chi connectivity index (χ3v) is 8.99. The lowest BCUT2D eigenvalue weighted by atomic mass is 10.0. The molecule has 1 aliphatic rings. The van der Waals surface area contributed by atoms with Crippen LogP contribution in [0.1, 0.15) is 11.3 Å². The van der Waals surface area contributed by atoms with Gasteiger partial charge in [-0.25, -0.2) is 39.9 Å². The van der Waals surface area contributed by atoms with Crippen LogP contribution in [0.15, 0.2) is 144 Å². The molecule has 0 N–H and O–H groups in total. The molecule has 0 bridgehead atoms. The summed E-state index contributed by atoms with van der Waals surface area (Å²) in [6.45, 7) is 0. The molecule has 0 saturated heterocycles. The number of halogens is 1. The fourth-order valence-corrected chi connectivity index (χ4v) is 6.48. The fourth-order valence-electron chi connectivity index (χ4n) is 6.12. The zero-order chi connectivity index (χ0) is 33.4. The van der Waals surface area contributed by atoms with Crippen molar-refractivity contribution in [1.29, 1.82) is 0 Å². The highest BCUT2D eigenvalue weighted by Gasteiger charge is 2.29. The van der Waals surface area contributed by atoms with Gasteiger partial charge >= 0.3 is 0 Å². The van der Waals surface area contributed by atoms with E-state index in [9.17, 15) is 0 Å². The minimum atomic E-state index is 0.361. The van der Waals surface area contributed by atoms with E-state index in [1.54, 1.807) is 0 Å². The van der Waals surface area contributed by atoms with Gasteiger partial charge in [-0.05, 0) is 23.3 Å². The Bertz CT molecular complexity index is 2400. The summed E-state index contributed by atoms with van der Waals surface area (Å²) in [5, 5.41) is 0. The first kappa shape index (κ1) is 29.8. The Labute approximate surface area is 296 Å². The zero-order valence-corrected chi connectivity index (χ0v) is 28.0. The van der Waals surface area contributed by atoms with Gasteiger partial charge in [-0.2, -0.15) is 0 Å². The van der Waals surface area contributed by atoms with E-state index >= 15 is 0 Å². The van der Waals surface area contributed by atoms with Crippen LogP contribution in [0.4, 0.5) is 0 Å². The van der Waals surface area contributed by atoms with Crippen molar-refractivity contribution >= 4 is 15.9 Å². The lowest BCUT2D eigenvalue weighted by Crippen LogP contribution is -2.07. The van der Waals surface area contributed by atoms with Crippen LogP contribution in [0.2, 0.25) is 0 Å². The van der Waals surface area contributed by atoms with Crippen molar-refractivity contribution in [3.05, 3.63) is 155 Å². The smallest absolute Gasteiger partial charge is 0.201 e. The summed E-state index contributed by atoms with van der Waals surface area (Å²) in [5.41, 5.74) is 7.97. The molecule has 5 aromatic carbocycles. The molecule has 3 heterocycles. The van der Waals surface area contributed by atoms with E-state index in [0.29, 0.717) is 52.9 Å². The molecule has 3 aromatic heterocycles. The van der Waals surface area contributed by atoms with Crippen LogP contribution in [0, 0.1) is 0 Å². The lowest BCUT2D eigenvalue weighted by molar-refractivity contribution is 0.995. The van der Waals surface area contributed by atoms with Crippen LogP contribution in [0.25, 0.3) is 79.8 Å². The van der Waals surface area contributed by atoms with Gasteiger partial charge in [0.15, 0.2) is 34.9 Å². The molecule has 0 aliphatic heterocycles. The van der Waals surface area contributed by atoms with Crippen molar-refractivity contribution < 1.29 is 0 Å². The Morgan fingerprint density at radius 3 is 1.24 bits per heavy atom. The maximum absolute atomic E-state index is 5.22. The molecule has 1 aliphatic carbocycles. The number of aromatic nitrogens is 8. The summed E-state index contributed by atoms with van der Waals surface area (Å²) < 4.78 is 0.960. The number of hydrogen-bond donors (Lipinski definition) is 0. The number of nitrogens with zero attached hydrogens (tertiary/aromatic N) is 8. The van der Waals surface area contributed by atoms with E-state index in [4.69, 9.17) is 39.9 Å². The van der Waals surface area contributed by atoms with Crippen molar-refractivity contribution in [1.82, 2.24) is 39.9 Å². The van der Waals surface area contributed by atoms with Crippen LogP contribution < -0.4 is 0 Å². The van der Waals surface area contributed by atoms with Gasteiger partial charge in [-0.3, -0.25) is 0 Å². The van der Waals surface area contributed by atoms with Gasteiger partial charge in [0.1, 0.15) is 5.69 Å². The predicted molar refractivity (Wildman–Crippen MR) is 197 cm³/mol. The number of rotatable bonds is 6. The van der Waals surface area contributed by atoms with Gasteiger partial charge in [0.05, 0.1) is 5.69 Å². The molecule has 0 saturated carbocycles. The average molecular weight is 710 g/mol. The molecule has 0 amide bonds. The third-order valence-electron chi connectivity index (χ3n) is 8.49. The monoisotopic (exact) mass is 708 g/mol. The lowest BCUT2D eigenvalue weighted by Gasteiger charge is -2.13. The van der Waals surface area contributed by atoms with E-state index < -0.39 is 0 Å². The Morgan fingerprint density at radius 2 is 0.780 bits per heavy atom. The minimum absolute atomic E-state index is 0.361. The Balaban J connectivity index is 1.31. The molecule has 9 rings (SSSR count). The summed E-state index contributed by atoms with van der Waals surface area (Å²) in [4.78, 5) is 40.2.